The van der Waals surface area contributed by atoms with E-state index in [0.29, 0.717) is 6.04 Å². The zero-order chi connectivity index (χ0) is 11.8. The zero-order valence-corrected chi connectivity index (χ0v) is 11.8. The molecule has 0 aliphatic carbocycles. The van der Waals surface area contributed by atoms with Crippen molar-refractivity contribution in [1.29, 1.82) is 0 Å². The Labute approximate surface area is 107 Å². The van der Waals surface area contributed by atoms with Crippen LogP contribution in [0.2, 0.25) is 0 Å². The Morgan fingerprint density at radius 2 is 2.12 bits per heavy atom. The molecule has 1 N–H and O–H groups in total. The van der Waals surface area contributed by atoms with Gasteiger partial charge >= 0.3 is 0 Å². The van der Waals surface area contributed by atoms with Gasteiger partial charge in [-0.1, -0.05) is 26.7 Å². The number of halogens is 1. The first-order chi connectivity index (χ1) is 7.77. The first-order valence-corrected chi connectivity index (χ1v) is 6.91. The second-order valence-electron chi connectivity index (χ2n) is 4.09. The monoisotopic (exact) mass is 284 g/mol. The molecule has 0 aliphatic rings. The molecular formula is C13H21BrN2. The summed E-state index contributed by atoms with van der Waals surface area (Å²) in [6.07, 6.45) is 8.66. The van der Waals surface area contributed by atoms with Gasteiger partial charge in [0.15, 0.2) is 0 Å². The maximum atomic E-state index is 4.23. The van der Waals surface area contributed by atoms with E-state index in [-0.39, 0.29) is 0 Å². The lowest BCUT2D eigenvalue weighted by Crippen LogP contribution is -2.22. The van der Waals surface area contributed by atoms with Crippen LogP contribution in [0.1, 0.15) is 51.1 Å². The topological polar surface area (TPSA) is 24.9 Å². The molecule has 0 aromatic carbocycles. The second-order valence-corrected chi connectivity index (χ2v) is 5.00. The number of rotatable bonds is 7. The minimum absolute atomic E-state index is 0.449. The molecule has 0 bridgehead atoms. The van der Waals surface area contributed by atoms with Gasteiger partial charge in [0, 0.05) is 22.9 Å². The van der Waals surface area contributed by atoms with Crippen molar-refractivity contribution in [3.63, 3.8) is 0 Å². The van der Waals surface area contributed by atoms with Crippen molar-refractivity contribution in [3.8, 4) is 0 Å². The molecule has 16 heavy (non-hydrogen) atoms. The van der Waals surface area contributed by atoms with E-state index in [2.05, 4.69) is 46.1 Å². The highest BCUT2D eigenvalue weighted by Crippen LogP contribution is 2.21. The highest BCUT2D eigenvalue weighted by atomic mass is 79.9. The van der Waals surface area contributed by atoms with E-state index in [4.69, 9.17) is 0 Å². The van der Waals surface area contributed by atoms with Crippen LogP contribution in [-0.2, 0) is 0 Å². The third-order valence-electron chi connectivity index (χ3n) is 2.62. The van der Waals surface area contributed by atoms with E-state index in [1.165, 1.54) is 31.2 Å². The molecule has 3 heteroatoms. The quantitative estimate of drug-likeness (QED) is 0.816. The van der Waals surface area contributed by atoms with Crippen LogP contribution in [0.4, 0.5) is 0 Å². The van der Waals surface area contributed by atoms with E-state index >= 15 is 0 Å². The number of nitrogens with zero attached hydrogens (tertiary/aromatic N) is 1. The Morgan fingerprint density at radius 1 is 1.31 bits per heavy atom. The Bertz CT molecular complexity index is 294. The van der Waals surface area contributed by atoms with Crippen molar-refractivity contribution in [3.05, 3.63) is 28.5 Å². The average molecular weight is 285 g/mol. The molecule has 0 fully saturated rings. The van der Waals surface area contributed by atoms with Crippen molar-refractivity contribution in [2.75, 3.05) is 6.54 Å². The number of unbranched alkanes of at least 4 members (excludes halogenated alkanes) is 1. The highest BCUT2D eigenvalue weighted by molar-refractivity contribution is 9.10. The van der Waals surface area contributed by atoms with Crippen LogP contribution < -0.4 is 5.32 Å². The summed E-state index contributed by atoms with van der Waals surface area (Å²) in [5.74, 6) is 0. The summed E-state index contributed by atoms with van der Waals surface area (Å²) in [5.41, 5.74) is 1.29. The largest absolute Gasteiger partial charge is 0.310 e. The molecule has 0 spiro atoms. The van der Waals surface area contributed by atoms with Crippen molar-refractivity contribution in [1.82, 2.24) is 10.3 Å². The molecule has 0 amide bonds. The predicted octanol–water partition coefficient (Wildman–Crippen LogP) is 4.08. The van der Waals surface area contributed by atoms with Gasteiger partial charge in [-0.3, -0.25) is 4.98 Å². The molecule has 1 heterocycles. The first kappa shape index (κ1) is 13.7. The summed E-state index contributed by atoms with van der Waals surface area (Å²) in [6, 6.07) is 2.61. The number of aromatic nitrogens is 1. The Kier molecular flexibility index (Phi) is 6.65. The number of pyridine rings is 1. The number of hydrogen-bond donors (Lipinski definition) is 1. The zero-order valence-electron chi connectivity index (χ0n) is 10.2. The maximum absolute atomic E-state index is 4.23. The van der Waals surface area contributed by atoms with Crippen molar-refractivity contribution < 1.29 is 0 Å². The third-order valence-corrected chi connectivity index (χ3v) is 3.05. The molecule has 2 nitrogen and oxygen atoms in total. The number of nitrogens with one attached hydrogen (secondary N) is 1. The smallest absolute Gasteiger partial charge is 0.0410 e. The van der Waals surface area contributed by atoms with Crippen LogP contribution in [0.15, 0.2) is 22.9 Å². The van der Waals surface area contributed by atoms with Crippen LogP contribution >= 0.6 is 15.9 Å². The minimum Gasteiger partial charge on any atom is -0.310 e. The van der Waals surface area contributed by atoms with Gasteiger partial charge in [-0.2, -0.15) is 0 Å². The molecular weight excluding hydrogens is 264 g/mol. The van der Waals surface area contributed by atoms with E-state index < -0.39 is 0 Å². The van der Waals surface area contributed by atoms with E-state index in [1.54, 1.807) is 0 Å². The van der Waals surface area contributed by atoms with Gasteiger partial charge in [0.25, 0.3) is 0 Å². The molecule has 90 valence electrons. The summed E-state index contributed by atoms with van der Waals surface area (Å²) in [6.45, 7) is 5.50. The fourth-order valence-corrected chi connectivity index (χ4v) is 2.11. The summed E-state index contributed by atoms with van der Waals surface area (Å²) in [4.78, 5) is 4.23. The lowest BCUT2D eigenvalue weighted by Gasteiger charge is -2.18. The minimum atomic E-state index is 0.449. The summed E-state index contributed by atoms with van der Waals surface area (Å²) < 4.78 is 1.06. The van der Waals surface area contributed by atoms with E-state index in [9.17, 15) is 0 Å². The summed E-state index contributed by atoms with van der Waals surface area (Å²) in [5, 5.41) is 3.59. The van der Waals surface area contributed by atoms with Crippen molar-refractivity contribution >= 4 is 15.9 Å². The Hall–Kier alpha value is -0.410. The lowest BCUT2D eigenvalue weighted by molar-refractivity contribution is 0.480. The van der Waals surface area contributed by atoms with Gasteiger partial charge in [0.05, 0.1) is 0 Å². The van der Waals surface area contributed by atoms with Crippen LogP contribution in [0.5, 0.6) is 0 Å². The molecule has 0 aliphatic heterocycles. The molecule has 1 unspecified atom stereocenters. The van der Waals surface area contributed by atoms with Crippen LogP contribution in [0.25, 0.3) is 0 Å². The van der Waals surface area contributed by atoms with Gasteiger partial charge in [-0.15, -0.1) is 0 Å². The standard InChI is InChI=1S/C13H21BrN2/c1-3-5-6-13(16-7-4-2)11-8-12(14)10-15-9-11/h8-10,13,16H,3-7H2,1-2H3. The highest BCUT2D eigenvalue weighted by Gasteiger charge is 2.10. The Morgan fingerprint density at radius 3 is 2.75 bits per heavy atom. The van der Waals surface area contributed by atoms with Gasteiger partial charge in [0.1, 0.15) is 0 Å². The van der Waals surface area contributed by atoms with Crippen molar-refractivity contribution in [2.24, 2.45) is 0 Å². The lowest BCUT2D eigenvalue weighted by atomic mass is 10.0. The molecule has 0 radical (unpaired) electrons. The fourth-order valence-electron chi connectivity index (χ4n) is 1.73. The van der Waals surface area contributed by atoms with Gasteiger partial charge in [-0.05, 0) is 46.9 Å². The van der Waals surface area contributed by atoms with Crippen LogP contribution in [-0.4, -0.2) is 11.5 Å². The molecule has 1 aromatic heterocycles. The SMILES string of the molecule is CCCCC(NCCC)c1cncc(Br)c1. The molecule has 1 aromatic rings. The van der Waals surface area contributed by atoms with Crippen LogP contribution in [0.3, 0.4) is 0 Å². The van der Waals surface area contributed by atoms with E-state index in [1.807, 2.05) is 12.4 Å². The molecule has 0 saturated heterocycles. The molecule has 0 saturated carbocycles. The van der Waals surface area contributed by atoms with Gasteiger partial charge < -0.3 is 5.32 Å². The first-order valence-electron chi connectivity index (χ1n) is 6.11. The normalized spacial score (nSPS) is 12.7. The molecule has 1 rings (SSSR count). The van der Waals surface area contributed by atoms with Crippen LogP contribution in [0, 0.1) is 0 Å². The average Bonchev–Trinajstić information content (AvgIpc) is 2.29. The molecule has 1 atom stereocenters. The van der Waals surface area contributed by atoms with Gasteiger partial charge in [-0.25, -0.2) is 0 Å². The summed E-state index contributed by atoms with van der Waals surface area (Å²) >= 11 is 3.48. The van der Waals surface area contributed by atoms with E-state index in [0.717, 1.165) is 11.0 Å². The Balaban J connectivity index is 2.66. The number of hydrogen-bond acceptors (Lipinski definition) is 2. The predicted molar refractivity (Wildman–Crippen MR) is 72.5 cm³/mol. The van der Waals surface area contributed by atoms with Crippen molar-refractivity contribution in [2.45, 2.75) is 45.6 Å². The van der Waals surface area contributed by atoms with Gasteiger partial charge in [0.2, 0.25) is 0 Å². The summed E-state index contributed by atoms with van der Waals surface area (Å²) in [7, 11) is 0. The third kappa shape index (κ3) is 4.62. The fraction of sp³-hybridized carbons (Fsp3) is 0.615. The second kappa shape index (κ2) is 7.80. The maximum Gasteiger partial charge on any atom is 0.0410 e.